The topological polar surface area (TPSA) is 83.2 Å². The van der Waals surface area contributed by atoms with E-state index in [-0.39, 0.29) is 5.69 Å². The van der Waals surface area contributed by atoms with E-state index in [1.54, 1.807) is 17.5 Å². The van der Waals surface area contributed by atoms with Crippen LogP contribution in [-0.2, 0) is 6.18 Å². The van der Waals surface area contributed by atoms with Crippen molar-refractivity contribution >= 4 is 23.1 Å². The zero-order valence-corrected chi connectivity index (χ0v) is 10.8. The lowest BCUT2D eigenvalue weighted by Gasteiger charge is -2.09. The molecule has 0 N–H and O–H groups in total. The quantitative estimate of drug-likeness (QED) is 0.710. The van der Waals surface area contributed by atoms with E-state index in [9.17, 15) is 23.1 Å². The van der Waals surface area contributed by atoms with Gasteiger partial charge in [0.2, 0.25) is 0 Å². The highest BCUT2D eigenvalue weighted by Crippen LogP contribution is 2.32. The summed E-state index contributed by atoms with van der Waals surface area (Å²) >= 11 is 1.20. The molecule has 0 aliphatic heterocycles. The fraction of sp³-hybridized carbons (Fsp3) is 0.0909. The second-order valence-electron chi connectivity index (χ2n) is 3.94. The van der Waals surface area contributed by atoms with E-state index in [2.05, 4.69) is 15.1 Å². The number of alkyl halides is 3. The fourth-order valence-electron chi connectivity index (χ4n) is 1.71. The van der Waals surface area contributed by atoms with Gasteiger partial charge in [-0.3, -0.25) is 0 Å². The number of thiophene rings is 1. The normalized spacial score (nSPS) is 12.0. The van der Waals surface area contributed by atoms with Crippen LogP contribution in [0.1, 0.15) is 16.3 Å². The van der Waals surface area contributed by atoms with E-state index in [1.165, 1.54) is 11.3 Å². The number of fused-ring (bicyclic) bond motifs is 1. The van der Waals surface area contributed by atoms with Crippen molar-refractivity contribution in [1.29, 1.82) is 0 Å². The van der Waals surface area contributed by atoms with Crippen molar-refractivity contribution in [2.45, 2.75) is 6.18 Å². The standard InChI is InChI=1S/C11H5F3N4O2S/c12-11(13,14)7-4-5(6-2-1-3-21-6)15-10-16-8(9(19)20)17-18(7)10/h1-4H,(H,19,20)/p-1. The molecule has 0 aliphatic carbocycles. The number of carboxylic acids is 1. The molecule has 3 rings (SSSR count). The van der Waals surface area contributed by atoms with Gasteiger partial charge in [-0.1, -0.05) is 6.07 Å². The summed E-state index contributed by atoms with van der Waals surface area (Å²) in [7, 11) is 0. The van der Waals surface area contributed by atoms with Crippen molar-refractivity contribution in [2.75, 3.05) is 0 Å². The molecule has 0 bridgehead atoms. The van der Waals surface area contributed by atoms with Crippen LogP contribution in [0.3, 0.4) is 0 Å². The molecule has 0 saturated carbocycles. The maximum Gasteiger partial charge on any atom is 0.433 e. The average Bonchev–Trinajstić information content (AvgIpc) is 3.05. The van der Waals surface area contributed by atoms with Gasteiger partial charge in [0.15, 0.2) is 11.5 Å². The predicted octanol–water partition coefficient (Wildman–Crippen LogP) is 1.24. The van der Waals surface area contributed by atoms with E-state index in [0.29, 0.717) is 9.39 Å². The summed E-state index contributed by atoms with van der Waals surface area (Å²) < 4.78 is 39.6. The fourth-order valence-corrected chi connectivity index (χ4v) is 2.39. The summed E-state index contributed by atoms with van der Waals surface area (Å²) in [5, 5.41) is 15.6. The number of hydrogen-bond acceptors (Lipinski definition) is 6. The van der Waals surface area contributed by atoms with Crippen LogP contribution in [0, 0.1) is 0 Å². The van der Waals surface area contributed by atoms with E-state index >= 15 is 0 Å². The highest BCUT2D eigenvalue weighted by molar-refractivity contribution is 7.13. The van der Waals surface area contributed by atoms with Crippen molar-refractivity contribution in [3.8, 4) is 10.6 Å². The first-order valence-corrected chi connectivity index (χ1v) is 6.34. The summed E-state index contributed by atoms with van der Waals surface area (Å²) in [6.07, 6.45) is -4.73. The summed E-state index contributed by atoms with van der Waals surface area (Å²) in [6, 6.07) is 4.06. The molecule has 21 heavy (non-hydrogen) atoms. The highest BCUT2D eigenvalue weighted by Gasteiger charge is 2.35. The van der Waals surface area contributed by atoms with Gasteiger partial charge in [-0.15, -0.1) is 16.4 Å². The Morgan fingerprint density at radius 1 is 1.33 bits per heavy atom. The van der Waals surface area contributed by atoms with Gasteiger partial charge in [0.1, 0.15) is 5.97 Å². The Morgan fingerprint density at radius 3 is 2.67 bits per heavy atom. The van der Waals surface area contributed by atoms with E-state index in [0.717, 1.165) is 6.07 Å². The number of hydrogen-bond donors (Lipinski definition) is 0. The van der Waals surface area contributed by atoms with Crippen LogP contribution >= 0.6 is 11.3 Å². The molecule has 0 unspecified atom stereocenters. The lowest BCUT2D eigenvalue weighted by Crippen LogP contribution is -2.24. The third-order valence-corrected chi connectivity index (χ3v) is 3.45. The zero-order chi connectivity index (χ0) is 15.2. The third-order valence-electron chi connectivity index (χ3n) is 2.56. The largest absolute Gasteiger partial charge is 0.541 e. The van der Waals surface area contributed by atoms with Crippen LogP contribution in [0.15, 0.2) is 23.6 Å². The average molecular weight is 313 g/mol. The summed E-state index contributed by atoms with van der Waals surface area (Å²) in [6.45, 7) is 0. The van der Waals surface area contributed by atoms with Crippen LogP contribution in [0.25, 0.3) is 16.3 Å². The molecule has 0 saturated heterocycles. The van der Waals surface area contributed by atoms with Gasteiger partial charge in [0.25, 0.3) is 5.78 Å². The Kier molecular flexibility index (Phi) is 2.90. The molecule has 0 fully saturated rings. The Bertz CT molecular complexity index is 826. The second-order valence-corrected chi connectivity index (χ2v) is 4.88. The molecule has 10 heteroatoms. The number of halogens is 3. The van der Waals surface area contributed by atoms with Crippen molar-refractivity contribution in [3.63, 3.8) is 0 Å². The molecule has 0 aromatic carbocycles. The molecule has 0 radical (unpaired) electrons. The minimum atomic E-state index is -4.73. The Hall–Kier alpha value is -2.49. The van der Waals surface area contributed by atoms with E-state index in [1.807, 2.05) is 0 Å². The SMILES string of the molecule is O=C([O-])c1nc2nc(-c3cccs3)cc(C(F)(F)F)n2n1. The van der Waals surface area contributed by atoms with Gasteiger partial charge in [-0.25, -0.2) is 4.98 Å². The molecule has 0 amide bonds. The third kappa shape index (κ3) is 2.33. The van der Waals surface area contributed by atoms with Gasteiger partial charge in [-0.05, 0) is 17.5 Å². The van der Waals surface area contributed by atoms with Crippen LogP contribution < -0.4 is 5.11 Å². The van der Waals surface area contributed by atoms with Crippen LogP contribution in [0.4, 0.5) is 13.2 Å². The predicted molar refractivity (Wildman–Crippen MR) is 63.4 cm³/mol. The lowest BCUT2D eigenvalue weighted by molar-refractivity contribution is -0.256. The first-order valence-electron chi connectivity index (χ1n) is 5.46. The van der Waals surface area contributed by atoms with Crippen LogP contribution in [0.5, 0.6) is 0 Å². The highest BCUT2D eigenvalue weighted by atomic mass is 32.1. The molecule has 3 aromatic rings. The number of carbonyl (C=O) groups excluding carboxylic acids is 1. The zero-order valence-electron chi connectivity index (χ0n) is 9.96. The number of aromatic nitrogens is 4. The lowest BCUT2D eigenvalue weighted by atomic mass is 10.3. The smallest absolute Gasteiger partial charge is 0.433 e. The molecule has 3 aromatic heterocycles. The molecule has 108 valence electrons. The number of rotatable bonds is 2. The minimum absolute atomic E-state index is 0.0436. The van der Waals surface area contributed by atoms with Crippen molar-refractivity contribution in [3.05, 3.63) is 35.1 Å². The number of nitrogens with zero attached hydrogens (tertiary/aromatic N) is 4. The minimum Gasteiger partial charge on any atom is -0.541 e. The number of carboxylic acid groups (broad SMARTS) is 1. The number of carbonyl (C=O) groups is 1. The van der Waals surface area contributed by atoms with Gasteiger partial charge in [0, 0.05) is 0 Å². The van der Waals surface area contributed by atoms with Gasteiger partial charge in [0.05, 0.1) is 10.6 Å². The molecular weight excluding hydrogens is 309 g/mol. The van der Waals surface area contributed by atoms with Crippen molar-refractivity contribution < 1.29 is 23.1 Å². The second kappa shape index (κ2) is 4.52. The first kappa shape index (κ1) is 13.5. The van der Waals surface area contributed by atoms with E-state index in [4.69, 9.17) is 0 Å². The summed E-state index contributed by atoms with van der Waals surface area (Å²) in [5.41, 5.74) is -1.11. The van der Waals surface area contributed by atoms with Crippen molar-refractivity contribution in [1.82, 2.24) is 19.6 Å². The number of aromatic carboxylic acids is 1. The molecule has 6 nitrogen and oxygen atoms in total. The summed E-state index contributed by atoms with van der Waals surface area (Å²) in [5.74, 6) is -3.07. The maximum absolute atomic E-state index is 13.1. The van der Waals surface area contributed by atoms with Gasteiger partial charge >= 0.3 is 6.18 Å². The summed E-state index contributed by atoms with van der Waals surface area (Å²) in [4.78, 5) is 18.5. The molecule has 0 aliphatic rings. The van der Waals surface area contributed by atoms with Crippen molar-refractivity contribution in [2.24, 2.45) is 0 Å². The van der Waals surface area contributed by atoms with E-state index < -0.39 is 29.4 Å². The van der Waals surface area contributed by atoms with Gasteiger partial charge < -0.3 is 9.90 Å². The van der Waals surface area contributed by atoms with Crippen LogP contribution in [0.2, 0.25) is 0 Å². The maximum atomic E-state index is 13.1. The van der Waals surface area contributed by atoms with Gasteiger partial charge in [-0.2, -0.15) is 22.7 Å². The first-order chi connectivity index (χ1) is 9.86. The van der Waals surface area contributed by atoms with Crippen LogP contribution in [-0.4, -0.2) is 25.6 Å². The molecule has 3 heterocycles. The Labute approximate surface area is 118 Å². The Morgan fingerprint density at radius 2 is 2.10 bits per heavy atom. The monoisotopic (exact) mass is 313 g/mol. The molecule has 0 atom stereocenters. The Balaban J connectivity index is 2.32. The molecule has 0 spiro atoms. The molecular formula is C11H4F3N4O2S-.